The van der Waals surface area contributed by atoms with Gasteiger partial charge in [-0.25, -0.2) is 9.36 Å². The van der Waals surface area contributed by atoms with Gasteiger partial charge < -0.3 is 4.98 Å². The first-order chi connectivity index (χ1) is 10.1. The number of nitrogens with one attached hydrogen (secondary N) is 1. The van der Waals surface area contributed by atoms with Crippen molar-refractivity contribution in [2.24, 2.45) is 0 Å². The molecule has 0 aliphatic heterocycles. The third kappa shape index (κ3) is 2.96. The Bertz CT molecular complexity index is 837. The van der Waals surface area contributed by atoms with Gasteiger partial charge in [0.25, 0.3) is 5.56 Å². The molecular formula is C13H8ClF3N2O3. The zero-order chi connectivity index (χ0) is 16.7. The highest BCUT2D eigenvalue weighted by Crippen LogP contribution is 2.25. The summed E-state index contributed by atoms with van der Waals surface area (Å²) in [5, 5.41) is 0.104. The van der Waals surface area contributed by atoms with E-state index in [2.05, 4.69) is 0 Å². The summed E-state index contributed by atoms with van der Waals surface area (Å²) < 4.78 is 38.1. The Labute approximate surface area is 126 Å². The van der Waals surface area contributed by atoms with Gasteiger partial charge in [0.2, 0.25) is 0 Å². The normalized spacial score (nSPS) is 11.5. The number of halogens is 4. The highest BCUT2D eigenvalue weighted by molar-refractivity contribution is 6.33. The van der Waals surface area contributed by atoms with Crippen molar-refractivity contribution in [1.82, 2.24) is 9.55 Å². The number of ketones is 1. The van der Waals surface area contributed by atoms with Crippen molar-refractivity contribution in [2.75, 3.05) is 0 Å². The largest absolute Gasteiger partial charge is 0.431 e. The number of nitrogens with zero attached hydrogens (tertiary/aromatic N) is 1. The molecule has 1 aromatic carbocycles. The van der Waals surface area contributed by atoms with Crippen molar-refractivity contribution in [3.05, 3.63) is 61.4 Å². The van der Waals surface area contributed by atoms with Crippen LogP contribution >= 0.6 is 11.6 Å². The average Bonchev–Trinajstić information content (AvgIpc) is 2.38. The van der Waals surface area contributed by atoms with E-state index in [1.807, 2.05) is 0 Å². The molecule has 0 radical (unpaired) electrons. The molecule has 2 rings (SSSR count). The molecule has 0 atom stereocenters. The van der Waals surface area contributed by atoms with Crippen LogP contribution in [-0.4, -0.2) is 15.3 Å². The molecule has 9 heteroatoms. The third-order valence-electron chi connectivity index (χ3n) is 2.83. The number of rotatable bonds is 2. The van der Waals surface area contributed by atoms with Crippen LogP contribution in [0.25, 0.3) is 5.69 Å². The lowest BCUT2D eigenvalue weighted by atomic mass is 10.1. The molecule has 0 saturated heterocycles. The SMILES string of the molecule is CC(=O)c1cc(-n2c(=O)cc(C(F)(F)F)[nH]c2=O)ccc1Cl. The molecule has 0 bridgehead atoms. The minimum absolute atomic E-state index is 0.0466. The molecule has 0 spiro atoms. The van der Waals surface area contributed by atoms with Crippen LogP contribution in [0.15, 0.2) is 33.9 Å². The van der Waals surface area contributed by atoms with Crippen molar-refractivity contribution < 1.29 is 18.0 Å². The van der Waals surface area contributed by atoms with E-state index in [0.29, 0.717) is 4.57 Å². The first-order valence-electron chi connectivity index (χ1n) is 5.85. The van der Waals surface area contributed by atoms with Gasteiger partial charge >= 0.3 is 11.9 Å². The minimum atomic E-state index is -4.85. The number of benzene rings is 1. The molecular weight excluding hydrogens is 325 g/mol. The Morgan fingerprint density at radius 3 is 2.36 bits per heavy atom. The Balaban J connectivity index is 2.70. The molecule has 5 nitrogen and oxygen atoms in total. The lowest BCUT2D eigenvalue weighted by Crippen LogP contribution is -2.35. The van der Waals surface area contributed by atoms with E-state index in [-0.39, 0.29) is 22.3 Å². The monoisotopic (exact) mass is 332 g/mol. The van der Waals surface area contributed by atoms with Crippen LogP contribution < -0.4 is 11.2 Å². The molecule has 0 saturated carbocycles. The minimum Gasteiger partial charge on any atom is -0.303 e. The second-order valence-electron chi connectivity index (χ2n) is 4.38. The van der Waals surface area contributed by atoms with Crippen LogP contribution in [0.4, 0.5) is 13.2 Å². The summed E-state index contributed by atoms with van der Waals surface area (Å²) in [7, 11) is 0. The summed E-state index contributed by atoms with van der Waals surface area (Å²) in [6.07, 6.45) is -4.85. The Morgan fingerprint density at radius 2 is 1.86 bits per heavy atom. The van der Waals surface area contributed by atoms with Crippen molar-refractivity contribution >= 4 is 17.4 Å². The topological polar surface area (TPSA) is 71.9 Å². The van der Waals surface area contributed by atoms with Gasteiger partial charge in [0.05, 0.1) is 10.7 Å². The van der Waals surface area contributed by atoms with Crippen LogP contribution in [0.5, 0.6) is 0 Å². The van der Waals surface area contributed by atoms with E-state index in [9.17, 15) is 27.6 Å². The highest BCUT2D eigenvalue weighted by atomic mass is 35.5. The maximum atomic E-state index is 12.5. The Morgan fingerprint density at radius 1 is 1.23 bits per heavy atom. The molecule has 1 heterocycles. The Kier molecular flexibility index (Phi) is 3.97. The standard InChI is InChI=1S/C13H8ClF3N2O3/c1-6(20)8-4-7(2-3-9(8)14)19-11(21)5-10(13(15,16)17)18-12(19)22/h2-5H,1H3,(H,18,22). The van der Waals surface area contributed by atoms with E-state index in [4.69, 9.17) is 11.6 Å². The molecule has 0 unspecified atom stereocenters. The van der Waals surface area contributed by atoms with Gasteiger partial charge in [0, 0.05) is 11.6 Å². The predicted molar refractivity (Wildman–Crippen MR) is 72.7 cm³/mol. The van der Waals surface area contributed by atoms with Crippen LogP contribution in [0.3, 0.4) is 0 Å². The van der Waals surface area contributed by atoms with Gasteiger partial charge in [-0.05, 0) is 25.1 Å². The van der Waals surface area contributed by atoms with Crippen LogP contribution in [-0.2, 0) is 6.18 Å². The number of hydrogen-bond donors (Lipinski definition) is 1. The predicted octanol–water partition coefficient (Wildman–Crippen LogP) is 2.40. The number of carbonyl (C=O) groups excluding carboxylic acids is 1. The number of hydrogen-bond acceptors (Lipinski definition) is 3. The second-order valence-corrected chi connectivity index (χ2v) is 4.79. The van der Waals surface area contributed by atoms with Crippen molar-refractivity contribution in [2.45, 2.75) is 13.1 Å². The molecule has 1 aromatic heterocycles. The molecule has 1 N–H and O–H groups in total. The molecule has 116 valence electrons. The van der Waals surface area contributed by atoms with E-state index in [1.165, 1.54) is 19.1 Å². The van der Waals surface area contributed by atoms with Gasteiger partial charge in [0.1, 0.15) is 5.69 Å². The number of carbonyl (C=O) groups is 1. The van der Waals surface area contributed by atoms with E-state index < -0.39 is 28.9 Å². The van der Waals surface area contributed by atoms with Crippen molar-refractivity contribution in [3.8, 4) is 5.69 Å². The molecule has 0 aliphatic carbocycles. The van der Waals surface area contributed by atoms with Crippen LogP contribution in [0.1, 0.15) is 23.0 Å². The molecule has 0 fully saturated rings. The van der Waals surface area contributed by atoms with E-state index >= 15 is 0 Å². The number of Topliss-reactive ketones (excluding diaryl/α,β-unsaturated/α-hetero) is 1. The van der Waals surface area contributed by atoms with Gasteiger partial charge in [-0.2, -0.15) is 13.2 Å². The first-order valence-corrected chi connectivity index (χ1v) is 6.23. The zero-order valence-corrected chi connectivity index (χ0v) is 11.7. The number of aromatic nitrogens is 2. The Hall–Kier alpha value is -2.35. The van der Waals surface area contributed by atoms with E-state index in [1.54, 1.807) is 4.98 Å². The fourth-order valence-electron chi connectivity index (χ4n) is 1.81. The highest BCUT2D eigenvalue weighted by Gasteiger charge is 2.33. The summed E-state index contributed by atoms with van der Waals surface area (Å²) in [6.45, 7) is 1.23. The van der Waals surface area contributed by atoms with Crippen molar-refractivity contribution in [1.29, 1.82) is 0 Å². The summed E-state index contributed by atoms with van der Waals surface area (Å²) in [5.74, 6) is -0.414. The maximum Gasteiger partial charge on any atom is 0.431 e. The summed E-state index contributed by atoms with van der Waals surface area (Å²) in [6, 6.07) is 3.95. The van der Waals surface area contributed by atoms with Crippen LogP contribution in [0.2, 0.25) is 5.02 Å². The summed E-state index contributed by atoms with van der Waals surface area (Å²) in [4.78, 5) is 36.5. The quantitative estimate of drug-likeness (QED) is 0.858. The third-order valence-corrected chi connectivity index (χ3v) is 3.16. The fourth-order valence-corrected chi connectivity index (χ4v) is 2.07. The molecule has 22 heavy (non-hydrogen) atoms. The molecule has 2 aromatic rings. The summed E-state index contributed by atoms with van der Waals surface area (Å²) in [5.41, 5.74) is -3.90. The average molecular weight is 333 g/mol. The molecule has 0 aliphatic rings. The molecule has 0 amide bonds. The number of alkyl halides is 3. The van der Waals surface area contributed by atoms with Gasteiger partial charge in [0.15, 0.2) is 5.78 Å². The lowest BCUT2D eigenvalue weighted by molar-refractivity contribution is -0.141. The van der Waals surface area contributed by atoms with Crippen LogP contribution in [0, 0.1) is 0 Å². The van der Waals surface area contributed by atoms with Crippen molar-refractivity contribution in [3.63, 3.8) is 0 Å². The van der Waals surface area contributed by atoms with E-state index in [0.717, 1.165) is 6.07 Å². The zero-order valence-electron chi connectivity index (χ0n) is 11.0. The first kappa shape index (κ1) is 16.0. The van der Waals surface area contributed by atoms with Gasteiger partial charge in [-0.15, -0.1) is 0 Å². The second kappa shape index (κ2) is 5.45. The fraction of sp³-hybridized carbons (Fsp3) is 0.154. The number of H-pyrrole nitrogens is 1. The van der Waals surface area contributed by atoms with Gasteiger partial charge in [-0.3, -0.25) is 9.59 Å². The lowest BCUT2D eigenvalue weighted by Gasteiger charge is -2.10. The maximum absolute atomic E-state index is 12.5. The summed E-state index contributed by atoms with van der Waals surface area (Å²) >= 11 is 5.80. The smallest absolute Gasteiger partial charge is 0.303 e. The number of aromatic amines is 1. The van der Waals surface area contributed by atoms with Gasteiger partial charge in [-0.1, -0.05) is 11.6 Å².